The van der Waals surface area contributed by atoms with E-state index in [2.05, 4.69) is 32.6 Å². The van der Waals surface area contributed by atoms with E-state index in [1.165, 1.54) is 0 Å². The van der Waals surface area contributed by atoms with Crippen molar-refractivity contribution < 1.29 is 9.53 Å². The second-order valence-electron chi connectivity index (χ2n) is 5.65. The molecule has 0 atom stereocenters. The molecule has 0 aromatic rings. The van der Waals surface area contributed by atoms with Gasteiger partial charge in [-0.15, -0.1) is 0 Å². The van der Waals surface area contributed by atoms with Crippen LogP contribution in [0.15, 0.2) is 0 Å². The van der Waals surface area contributed by atoms with Crippen LogP contribution in [0.2, 0.25) is 0 Å². The lowest BCUT2D eigenvalue weighted by Gasteiger charge is -2.42. The molecule has 106 valence electrons. The molecule has 0 N–H and O–H groups in total. The maximum Gasteiger partial charge on any atom is 0.164 e. The average molecular weight is 255 g/mol. The van der Waals surface area contributed by atoms with E-state index in [0.29, 0.717) is 24.9 Å². The summed E-state index contributed by atoms with van der Waals surface area (Å²) in [6.07, 6.45) is 4.29. The van der Waals surface area contributed by atoms with E-state index in [1.807, 2.05) is 0 Å². The summed E-state index contributed by atoms with van der Waals surface area (Å²) in [7, 11) is 0. The van der Waals surface area contributed by atoms with E-state index in [0.717, 1.165) is 38.8 Å². The smallest absolute Gasteiger partial charge is 0.164 e. The van der Waals surface area contributed by atoms with Crippen molar-refractivity contribution in [3.8, 4) is 0 Å². The second-order valence-corrected chi connectivity index (χ2v) is 5.65. The molecule has 0 amide bonds. The topological polar surface area (TPSA) is 29.5 Å². The Bertz CT molecular complexity index is 255. The number of hydrogen-bond donors (Lipinski definition) is 0. The van der Waals surface area contributed by atoms with Gasteiger partial charge in [-0.25, -0.2) is 0 Å². The molecule has 1 aliphatic heterocycles. The minimum atomic E-state index is -0.475. The quantitative estimate of drug-likeness (QED) is 0.700. The van der Waals surface area contributed by atoms with Crippen molar-refractivity contribution in [1.29, 1.82) is 0 Å². The summed E-state index contributed by atoms with van der Waals surface area (Å²) in [6, 6.07) is 0.565. The molecule has 1 fully saturated rings. The van der Waals surface area contributed by atoms with E-state index in [4.69, 9.17) is 4.74 Å². The zero-order chi connectivity index (χ0) is 13.6. The fourth-order valence-electron chi connectivity index (χ4n) is 2.66. The summed E-state index contributed by atoms with van der Waals surface area (Å²) in [5, 5.41) is 0. The summed E-state index contributed by atoms with van der Waals surface area (Å²) >= 11 is 0. The van der Waals surface area contributed by atoms with Gasteiger partial charge >= 0.3 is 0 Å². The molecule has 3 nitrogen and oxygen atoms in total. The monoisotopic (exact) mass is 255 g/mol. The SMILES string of the molecule is CCCOC1(C(=O)CCC)CCN(C(C)C)CC1. The first-order valence-corrected chi connectivity index (χ1v) is 7.47. The standard InChI is InChI=1S/C15H29NO2/c1-5-7-14(17)15(18-12-6-2)8-10-16(11-9-15)13(3)4/h13H,5-12H2,1-4H3. The van der Waals surface area contributed by atoms with Gasteiger partial charge in [0, 0.05) is 32.2 Å². The molecule has 0 aromatic heterocycles. The number of Topliss-reactive ketones (excluding diaryl/α,β-unsaturated/α-hetero) is 1. The van der Waals surface area contributed by atoms with Crippen LogP contribution in [0, 0.1) is 0 Å². The zero-order valence-electron chi connectivity index (χ0n) is 12.5. The van der Waals surface area contributed by atoms with Gasteiger partial charge in [0.05, 0.1) is 0 Å². The van der Waals surface area contributed by atoms with E-state index >= 15 is 0 Å². The van der Waals surface area contributed by atoms with Crippen LogP contribution in [0.1, 0.15) is 59.8 Å². The molecule has 0 aromatic carbocycles. The first kappa shape index (κ1) is 15.6. The van der Waals surface area contributed by atoms with Gasteiger partial charge in [0.2, 0.25) is 0 Å². The highest BCUT2D eigenvalue weighted by atomic mass is 16.5. The van der Waals surface area contributed by atoms with Gasteiger partial charge in [-0.1, -0.05) is 13.8 Å². The Labute approximate surface area is 112 Å². The van der Waals surface area contributed by atoms with E-state index in [9.17, 15) is 4.79 Å². The highest BCUT2D eigenvalue weighted by molar-refractivity contribution is 5.87. The molecule has 1 aliphatic rings. The van der Waals surface area contributed by atoms with Gasteiger partial charge in [-0.05, 0) is 39.5 Å². The summed E-state index contributed by atoms with van der Waals surface area (Å²) < 4.78 is 5.99. The first-order chi connectivity index (χ1) is 8.55. The molecule has 1 saturated heterocycles. The normalized spacial score (nSPS) is 20.3. The van der Waals surface area contributed by atoms with Gasteiger partial charge in [-0.2, -0.15) is 0 Å². The molecule has 3 heteroatoms. The number of carbonyl (C=O) groups is 1. The highest BCUT2D eigenvalue weighted by Gasteiger charge is 2.41. The van der Waals surface area contributed by atoms with Gasteiger partial charge < -0.3 is 9.64 Å². The lowest BCUT2D eigenvalue weighted by atomic mass is 9.84. The van der Waals surface area contributed by atoms with Crippen LogP contribution in [0.5, 0.6) is 0 Å². The minimum Gasteiger partial charge on any atom is -0.367 e. The van der Waals surface area contributed by atoms with Crippen LogP contribution in [-0.2, 0) is 9.53 Å². The lowest BCUT2D eigenvalue weighted by Crippen LogP contribution is -2.52. The third-order valence-corrected chi connectivity index (χ3v) is 3.90. The second kappa shape index (κ2) is 7.25. The van der Waals surface area contributed by atoms with E-state index in [-0.39, 0.29) is 0 Å². The van der Waals surface area contributed by atoms with Gasteiger partial charge in [0.25, 0.3) is 0 Å². The summed E-state index contributed by atoms with van der Waals surface area (Å²) in [6.45, 7) is 11.3. The van der Waals surface area contributed by atoms with Crippen molar-refractivity contribution in [2.24, 2.45) is 0 Å². The highest BCUT2D eigenvalue weighted by Crippen LogP contribution is 2.30. The molecule has 0 unspecified atom stereocenters. The predicted molar refractivity (Wildman–Crippen MR) is 74.8 cm³/mol. The van der Waals surface area contributed by atoms with Crippen LogP contribution in [-0.4, -0.2) is 42.0 Å². The molecule has 1 heterocycles. The Kier molecular flexibility index (Phi) is 6.30. The molecule has 0 radical (unpaired) electrons. The number of carbonyl (C=O) groups excluding carboxylic acids is 1. The third kappa shape index (κ3) is 3.79. The molecule has 18 heavy (non-hydrogen) atoms. The fraction of sp³-hybridized carbons (Fsp3) is 0.933. The number of rotatable bonds is 7. The van der Waals surface area contributed by atoms with E-state index in [1.54, 1.807) is 0 Å². The van der Waals surface area contributed by atoms with Gasteiger partial charge in [0.1, 0.15) is 5.60 Å². The Morgan fingerprint density at radius 1 is 1.22 bits per heavy atom. The first-order valence-electron chi connectivity index (χ1n) is 7.47. The Morgan fingerprint density at radius 2 is 1.83 bits per heavy atom. The van der Waals surface area contributed by atoms with Crippen molar-refractivity contribution in [3.63, 3.8) is 0 Å². The van der Waals surface area contributed by atoms with Crippen molar-refractivity contribution in [2.75, 3.05) is 19.7 Å². The maximum absolute atomic E-state index is 12.4. The summed E-state index contributed by atoms with van der Waals surface area (Å²) in [5.74, 6) is 0.321. The van der Waals surface area contributed by atoms with Crippen molar-refractivity contribution in [2.45, 2.75) is 71.4 Å². The van der Waals surface area contributed by atoms with Crippen molar-refractivity contribution in [1.82, 2.24) is 4.90 Å². The third-order valence-electron chi connectivity index (χ3n) is 3.90. The molecule has 0 saturated carbocycles. The van der Waals surface area contributed by atoms with Crippen molar-refractivity contribution in [3.05, 3.63) is 0 Å². The average Bonchev–Trinajstić information content (AvgIpc) is 2.37. The molecule has 0 aliphatic carbocycles. The zero-order valence-corrected chi connectivity index (χ0v) is 12.5. The van der Waals surface area contributed by atoms with Crippen LogP contribution < -0.4 is 0 Å². The van der Waals surface area contributed by atoms with E-state index < -0.39 is 5.60 Å². The number of ketones is 1. The molecular formula is C15H29NO2. The number of piperidine rings is 1. The predicted octanol–water partition coefficient (Wildman–Crippen LogP) is 3.03. The number of hydrogen-bond acceptors (Lipinski definition) is 3. The number of ether oxygens (including phenoxy) is 1. The lowest BCUT2D eigenvalue weighted by molar-refractivity contribution is -0.153. The summed E-state index contributed by atoms with van der Waals surface area (Å²) in [5.41, 5.74) is -0.475. The van der Waals surface area contributed by atoms with Crippen molar-refractivity contribution >= 4 is 5.78 Å². The molecule has 0 bridgehead atoms. The van der Waals surface area contributed by atoms with Crippen LogP contribution >= 0.6 is 0 Å². The van der Waals surface area contributed by atoms with Crippen LogP contribution in [0.3, 0.4) is 0 Å². The summed E-state index contributed by atoms with van der Waals surface area (Å²) in [4.78, 5) is 14.8. The largest absolute Gasteiger partial charge is 0.367 e. The molecule has 1 rings (SSSR count). The maximum atomic E-state index is 12.4. The van der Waals surface area contributed by atoms with Gasteiger partial charge in [0.15, 0.2) is 5.78 Å². The molecule has 0 spiro atoms. The number of likely N-dealkylation sites (tertiary alicyclic amines) is 1. The Morgan fingerprint density at radius 3 is 2.28 bits per heavy atom. The van der Waals surface area contributed by atoms with Crippen LogP contribution in [0.4, 0.5) is 0 Å². The minimum absolute atomic E-state index is 0.321. The Hall–Kier alpha value is -0.410. The Balaban J connectivity index is 2.66. The van der Waals surface area contributed by atoms with Gasteiger partial charge in [-0.3, -0.25) is 4.79 Å². The molecular weight excluding hydrogens is 226 g/mol. The fourth-order valence-corrected chi connectivity index (χ4v) is 2.66. The number of nitrogens with zero attached hydrogens (tertiary/aromatic N) is 1. The van der Waals surface area contributed by atoms with Crippen LogP contribution in [0.25, 0.3) is 0 Å².